The summed E-state index contributed by atoms with van der Waals surface area (Å²) < 4.78 is 2.43. The Morgan fingerprint density at radius 1 is 0.643 bits per heavy atom. The van der Waals surface area contributed by atoms with Crippen molar-refractivity contribution in [3.05, 3.63) is 42.1 Å². The lowest BCUT2D eigenvalue weighted by atomic mass is 10.0. The van der Waals surface area contributed by atoms with Gasteiger partial charge in [-0.2, -0.15) is 4.57 Å². The van der Waals surface area contributed by atoms with Crippen molar-refractivity contribution in [2.24, 2.45) is 0 Å². The predicted octanol–water partition coefficient (Wildman–Crippen LogP) is 4.92. The number of aromatic nitrogens is 1. The molecule has 0 unspecified atom stereocenters. The Morgan fingerprint density at radius 2 is 1.14 bits per heavy atom. The fourth-order valence-corrected chi connectivity index (χ4v) is 4.10. The van der Waals surface area contributed by atoms with Gasteiger partial charge in [0.2, 0.25) is 5.52 Å². The van der Waals surface area contributed by atoms with Crippen molar-refractivity contribution in [1.29, 1.82) is 0 Å². The molecule has 0 amide bonds. The number of rotatable bonds is 15. The lowest BCUT2D eigenvalue weighted by molar-refractivity contribution is -0.671. The third kappa shape index (κ3) is 9.54. The smallest absolute Gasteiger partial charge is 0.212 e. The van der Waals surface area contributed by atoms with Gasteiger partial charge >= 0.3 is 0 Å². The number of hydrogen-bond donors (Lipinski definition) is 0. The van der Waals surface area contributed by atoms with E-state index in [2.05, 4.69) is 54.9 Å². The molecule has 0 aliphatic rings. The highest BCUT2D eigenvalue weighted by Gasteiger charge is 2.09. The molecule has 0 spiro atoms. The Kier molecular flexibility index (Phi) is 14.3. The summed E-state index contributed by atoms with van der Waals surface area (Å²) in [5.41, 5.74) is 2.76. The lowest BCUT2D eigenvalue weighted by Crippen LogP contribution is -3.00. The van der Waals surface area contributed by atoms with Gasteiger partial charge in [-0.15, -0.1) is 0 Å². The second-order valence-corrected chi connectivity index (χ2v) is 8.31. The zero-order chi connectivity index (χ0) is 19.2. The van der Waals surface area contributed by atoms with Crippen LogP contribution in [0.4, 0.5) is 0 Å². The average molecular weight is 449 g/mol. The van der Waals surface area contributed by atoms with E-state index in [0.717, 1.165) is 6.54 Å². The van der Waals surface area contributed by atoms with Crippen molar-refractivity contribution in [3.63, 3.8) is 0 Å². The first-order valence-corrected chi connectivity index (χ1v) is 11.7. The van der Waals surface area contributed by atoms with Crippen LogP contribution in [0.2, 0.25) is 0 Å². The van der Waals surface area contributed by atoms with Gasteiger partial charge in [-0.05, 0) is 25.0 Å². The predicted molar refractivity (Wildman–Crippen MR) is 119 cm³/mol. The molecule has 0 atom stereocenters. The molecule has 28 heavy (non-hydrogen) atoms. The molecule has 0 aliphatic carbocycles. The zero-order valence-electron chi connectivity index (χ0n) is 18.4. The van der Waals surface area contributed by atoms with E-state index in [-0.39, 0.29) is 17.0 Å². The van der Waals surface area contributed by atoms with Gasteiger partial charge in [-0.1, -0.05) is 96.1 Å². The second-order valence-electron chi connectivity index (χ2n) is 8.31. The second kappa shape index (κ2) is 16.0. The molecule has 1 nitrogen and oxygen atoms in total. The summed E-state index contributed by atoms with van der Waals surface area (Å²) >= 11 is 0. The minimum Gasteiger partial charge on any atom is -1.00 e. The maximum absolute atomic E-state index is 2.43. The van der Waals surface area contributed by atoms with E-state index in [4.69, 9.17) is 0 Å². The van der Waals surface area contributed by atoms with Crippen molar-refractivity contribution in [3.8, 4) is 0 Å². The molecular weight excluding hydrogens is 406 g/mol. The molecular formula is C26H42BrN. The number of aryl methyl sites for hydroxylation is 2. The van der Waals surface area contributed by atoms with Gasteiger partial charge in [0.1, 0.15) is 6.54 Å². The maximum Gasteiger partial charge on any atom is 0.212 e. The van der Waals surface area contributed by atoms with Crippen molar-refractivity contribution in [2.45, 2.75) is 110 Å². The van der Waals surface area contributed by atoms with Crippen LogP contribution in [0.1, 0.15) is 102 Å². The molecule has 1 aromatic carbocycles. The first kappa shape index (κ1) is 25.1. The monoisotopic (exact) mass is 447 g/mol. The van der Waals surface area contributed by atoms with Crippen LogP contribution in [0.3, 0.4) is 0 Å². The highest BCUT2D eigenvalue weighted by atomic mass is 79.9. The van der Waals surface area contributed by atoms with Gasteiger partial charge in [-0.25, -0.2) is 0 Å². The Labute approximate surface area is 184 Å². The Bertz CT molecular complexity index is 637. The van der Waals surface area contributed by atoms with Crippen LogP contribution in [0.15, 0.2) is 36.5 Å². The number of pyridine rings is 1. The van der Waals surface area contributed by atoms with Crippen molar-refractivity contribution >= 4 is 10.9 Å². The normalized spacial score (nSPS) is 10.9. The highest BCUT2D eigenvalue weighted by molar-refractivity contribution is 5.78. The summed E-state index contributed by atoms with van der Waals surface area (Å²) in [5, 5.41) is 1.39. The van der Waals surface area contributed by atoms with Crippen molar-refractivity contribution in [1.82, 2.24) is 0 Å². The molecule has 1 aromatic heterocycles. The number of hydrogen-bond acceptors (Lipinski definition) is 0. The van der Waals surface area contributed by atoms with Gasteiger partial charge in [0, 0.05) is 23.9 Å². The molecule has 0 bridgehead atoms. The van der Waals surface area contributed by atoms with Crippen molar-refractivity contribution < 1.29 is 21.5 Å². The lowest BCUT2D eigenvalue weighted by Gasteiger charge is -2.05. The SMILES string of the molecule is CCCCCCCCCCCCCCCC[n+]1ccc(C)c2ccccc21.[Br-]. The van der Waals surface area contributed by atoms with Crippen LogP contribution in [-0.4, -0.2) is 0 Å². The van der Waals surface area contributed by atoms with E-state index in [1.54, 1.807) is 0 Å². The van der Waals surface area contributed by atoms with E-state index >= 15 is 0 Å². The van der Waals surface area contributed by atoms with Crippen LogP contribution >= 0.6 is 0 Å². The first-order valence-electron chi connectivity index (χ1n) is 11.7. The highest BCUT2D eigenvalue weighted by Crippen LogP contribution is 2.15. The summed E-state index contributed by atoms with van der Waals surface area (Å²) in [6, 6.07) is 11.1. The summed E-state index contributed by atoms with van der Waals surface area (Å²) in [5.74, 6) is 0. The molecule has 0 saturated heterocycles. The number of nitrogens with zero attached hydrogens (tertiary/aromatic N) is 1. The fourth-order valence-electron chi connectivity index (χ4n) is 4.10. The topological polar surface area (TPSA) is 3.88 Å². The van der Waals surface area contributed by atoms with E-state index in [1.807, 2.05) is 0 Å². The van der Waals surface area contributed by atoms with E-state index in [1.165, 1.54) is 106 Å². The molecule has 0 N–H and O–H groups in total. The number of benzene rings is 1. The Hall–Kier alpha value is -0.890. The molecule has 2 rings (SSSR count). The number of unbranched alkanes of at least 4 members (excludes halogenated alkanes) is 13. The van der Waals surface area contributed by atoms with Gasteiger partial charge in [-0.3, -0.25) is 0 Å². The Morgan fingerprint density at radius 3 is 1.71 bits per heavy atom. The summed E-state index contributed by atoms with van der Waals surface area (Å²) in [7, 11) is 0. The quantitative estimate of drug-likeness (QED) is 0.269. The number of para-hydroxylation sites is 1. The van der Waals surface area contributed by atoms with Gasteiger partial charge in [0.15, 0.2) is 6.20 Å². The van der Waals surface area contributed by atoms with Crippen LogP contribution in [0, 0.1) is 6.92 Å². The van der Waals surface area contributed by atoms with Crippen LogP contribution < -0.4 is 21.5 Å². The van der Waals surface area contributed by atoms with Crippen LogP contribution in [0.5, 0.6) is 0 Å². The summed E-state index contributed by atoms with van der Waals surface area (Å²) in [6.07, 6.45) is 22.2. The average Bonchev–Trinajstić information content (AvgIpc) is 2.70. The molecule has 0 radical (unpaired) electrons. The van der Waals surface area contributed by atoms with E-state index in [9.17, 15) is 0 Å². The standard InChI is InChI=1S/C26H42N.BrH/c1-3-4-5-6-7-8-9-10-11-12-13-14-15-18-22-27-23-21-24(2)25-19-16-17-20-26(25)27;/h16-17,19-21,23H,3-15,18,22H2,1-2H3;1H/q+1;/p-1. The number of fused-ring (bicyclic) bond motifs is 1. The molecule has 0 fully saturated rings. The van der Waals surface area contributed by atoms with Crippen LogP contribution in [0.25, 0.3) is 10.9 Å². The van der Waals surface area contributed by atoms with Crippen molar-refractivity contribution in [2.75, 3.05) is 0 Å². The summed E-state index contributed by atoms with van der Waals surface area (Å²) in [4.78, 5) is 0. The van der Waals surface area contributed by atoms with E-state index < -0.39 is 0 Å². The molecule has 0 aliphatic heterocycles. The fraction of sp³-hybridized carbons (Fsp3) is 0.654. The summed E-state index contributed by atoms with van der Waals surface area (Å²) in [6.45, 7) is 5.65. The number of halogens is 1. The third-order valence-electron chi connectivity index (χ3n) is 5.90. The maximum atomic E-state index is 2.43. The minimum absolute atomic E-state index is 0. The minimum atomic E-state index is 0. The first-order chi connectivity index (χ1) is 13.3. The van der Waals surface area contributed by atoms with Gasteiger partial charge in [0.05, 0.1) is 0 Å². The molecule has 2 aromatic rings. The Balaban J connectivity index is 0.00000392. The molecule has 158 valence electrons. The third-order valence-corrected chi connectivity index (χ3v) is 5.90. The molecule has 2 heteroatoms. The molecule has 0 saturated carbocycles. The van der Waals surface area contributed by atoms with Gasteiger partial charge < -0.3 is 17.0 Å². The molecule has 1 heterocycles. The zero-order valence-corrected chi connectivity index (χ0v) is 20.0. The van der Waals surface area contributed by atoms with E-state index in [0.29, 0.717) is 0 Å². The van der Waals surface area contributed by atoms with Gasteiger partial charge in [0.25, 0.3) is 0 Å². The largest absolute Gasteiger partial charge is 1.00 e. The van der Waals surface area contributed by atoms with Crippen LogP contribution in [-0.2, 0) is 6.54 Å².